The third kappa shape index (κ3) is 3.85. The average Bonchev–Trinajstić information content (AvgIpc) is 2.81. The first-order valence-corrected chi connectivity index (χ1v) is 5.83. The Kier molecular flexibility index (Phi) is 4.19. The summed E-state index contributed by atoms with van der Waals surface area (Å²) in [5.74, 6) is 0.249. The fourth-order valence-corrected chi connectivity index (χ4v) is 1.51. The van der Waals surface area contributed by atoms with Crippen LogP contribution in [0.5, 0.6) is 0 Å². The lowest BCUT2D eigenvalue weighted by Gasteiger charge is -2.02. The van der Waals surface area contributed by atoms with Gasteiger partial charge in [-0.1, -0.05) is 5.16 Å². The smallest absolute Gasteiger partial charge is 0.337 e. The van der Waals surface area contributed by atoms with Crippen LogP contribution in [0.25, 0.3) is 0 Å². The van der Waals surface area contributed by atoms with Crippen LogP contribution >= 0.6 is 0 Å². The second-order valence-electron chi connectivity index (χ2n) is 4.01. The van der Waals surface area contributed by atoms with E-state index in [4.69, 9.17) is 9.63 Å². The Morgan fingerprint density at radius 1 is 1.47 bits per heavy atom. The molecule has 0 bridgehead atoms. The first-order chi connectivity index (χ1) is 9.15. The second kappa shape index (κ2) is 6.05. The van der Waals surface area contributed by atoms with Crippen LogP contribution in [0, 0.1) is 6.92 Å². The highest BCUT2D eigenvalue weighted by Crippen LogP contribution is 2.00. The predicted octanol–water partition coefficient (Wildman–Crippen LogP) is 0.804. The molecular formula is C12H14N4O3. The zero-order valence-electron chi connectivity index (χ0n) is 10.5. The van der Waals surface area contributed by atoms with Gasteiger partial charge in [-0.3, -0.25) is 4.98 Å². The number of carboxylic acid groups (broad SMARTS) is 1. The molecule has 7 heteroatoms. The van der Waals surface area contributed by atoms with Crippen LogP contribution in [0.3, 0.4) is 0 Å². The molecule has 0 aliphatic heterocycles. The molecule has 0 aromatic carbocycles. The van der Waals surface area contributed by atoms with Gasteiger partial charge < -0.3 is 14.9 Å². The maximum Gasteiger partial charge on any atom is 0.337 e. The maximum absolute atomic E-state index is 10.7. The highest BCUT2D eigenvalue weighted by molar-refractivity contribution is 5.87. The van der Waals surface area contributed by atoms with Crippen molar-refractivity contribution in [3.63, 3.8) is 0 Å². The normalized spacial score (nSPS) is 10.6. The summed E-state index contributed by atoms with van der Waals surface area (Å²) >= 11 is 0. The lowest BCUT2D eigenvalue weighted by atomic mass is 10.2. The minimum absolute atomic E-state index is 0.185. The minimum Gasteiger partial charge on any atom is -0.478 e. The number of aromatic nitrogens is 3. The van der Waals surface area contributed by atoms with E-state index in [-0.39, 0.29) is 5.56 Å². The van der Waals surface area contributed by atoms with E-state index in [0.29, 0.717) is 31.2 Å². The molecule has 0 atom stereocenters. The molecule has 7 nitrogen and oxygen atoms in total. The summed E-state index contributed by atoms with van der Waals surface area (Å²) < 4.78 is 4.98. The summed E-state index contributed by atoms with van der Waals surface area (Å²) in [4.78, 5) is 18.8. The van der Waals surface area contributed by atoms with Gasteiger partial charge in [-0.05, 0) is 19.1 Å². The Morgan fingerprint density at radius 3 is 2.89 bits per heavy atom. The summed E-state index contributed by atoms with van der Waals surface area (Å²) in [5, 5.41) is 15.6. The van der Waals surface area contributed by atoms with Gasteiger partial charge >= 0.3 is 5.97 Å². The van der Waals surface area contributed by atoms with E-state index in [9.17, 15) is 4.79 Å². The van der Waals surface area contributed by atoms with E-state index < -0.39 is 5.97 Å². The topological polar surface area (TPSA) is 101 Å². The van der Waals surface area contributed by atoms with Gasteiger partial charge in [0.2, 0.25) is 5.89 Å². The lowest BCUT2D eigenvalue weighted by Crippen LogP contribution is -2.17. The molecule has 0 unspecified atom stereocenters. The maximum atomic E-state index is 10.7. The second-order valence-corrected chi connectivity index (χ2v) is 4.01. The molecule has 2 rings (SSSR count). The van der Waals surface area contributed by atoms with Crippen molar-refractivity contribution in [2.75, 3.05) is 6.54 Å². The van der Waals surface area contributed by atoms with E-state index in [1.807, 2.05) is 0 Å². The van der Waals surface area contributed by atoms with Crippen LogP contribution in [0.15, 0.2) is 22.9 Å². The Hall–Kier alpha value is -2.28. The number of rotatable bonds is 6. The van der Waals surface area contributed by atoms with Gasteiger partial charge in [-0.2, -0.15) is 4.98 Å². The van der Waals surface area contributed by atoms with Crippen LogP contribution in [-0.4, -0.2) is 32.7 Å². The highest BCUT2D eigenvalue weighted by atomic mass is 16.5. The zero-order valence-corrected chi connectivity index (χ0v) is 10.5. The molecule has 2 N–H and O–H groups in total. The van der Waals surface area contributed by atoms with Crippen molar-refractivity contribution in [2.24, 2.45) is 0 Å². The van der Waals surface area contributed by atoms with Crippen LogP contribution in [0.2, 0.25) is 0 Å². The fourth-order valence-electron chi connectivity index (χ4n) is 1.51. The molecule has 0 radical (unpaired) electrons. The van der Waals surface area contributed by atoms with Gasteiger partial charge in [0.15, 0.2) is 5.82 Å². The Labute approximate surface area is 109 Å². The number of aromatic carboxylic acids is 1. The quantitative estimate of drug-likeness (QED) is 0.742. The van der Waals surface area contributed by atoms with Crippen LogP contribution in [0.4, 0.5) is 0 Å². The molecule has 0 aliphatic carbocycles. The van der Waals surface area contributed by atoms with E-state index in [1.165, 1.54) is 12.3 Å². The van der Waals surface area contributed by atoms with Gasteiger partial charge in [0.05, 0.1) is 11.3 Å². The van der Waals surface area contributed by atoms with Gasteiger partial charge in [-0.25, -0.2) is 4.79 Å². The minimum atomic E-state index is -0.973. The third-order valence-electron chi connectivity index (χ3n) is 2.46. The summed E-state index contributed by atoms with van der Waals surface area (Å²) in [5.41, 5.74) is 0.969. The third-order valence-corrected chi connectivity index (χ3v) is 2.46. The first-order valence-electron chi connectivity index (χ1n) is 5.83. The van der Waals surface area contributed by atoms with E-state index in [0.717, 1.165) is 5.69 Å². The Balaban J connectivity index is 1.75. The van der Waals surface area contributed by atoms with Gasteiger partial charge in [0, 0.05) is 25.7 Å². The number of hydrogen-bond acceptors (Lipinski definition) is 6. The number of pyridine rings is 1. The molecule has 2 aromatic rings. The first kappa shape index (κ1) is 13.2. The monoisotopic (exact) mass is 262 g/mol. The number of nitrogens with zero attached hydrogens (tertiary/aromatic N) is 3. The molecule has 0 fully saturated rings. The summed E-state index contributed by atoms with van der Waals surface area (Å²) in [6.45, 7) is 3.02. The molecule has 0 spiro atoms. The van der Waals surface area contributed by atoms with Crippen molar-refractivity contribution < 1.29 is 14.4 Å². The van der Waals surface area contributed by atoms with E-state index >= 15 is 0 Å². The van der Waals surface area contributed by atoms with Gasteiger partial charge in [0.1, 0.15) is 0 Å². The van der Waals surface area contributed by atoms with Crippen LogP contribution in [0.1, 0.15) is 27.8 Å². The molecule has 19 heavy (non-hydrogen) atoms. The van der Waals surface area contributed by atoms with Crippen molar-refractivity contribution in [1.82, 2.24) is 20.4 Å². The molecule has 0 saturated carbocycles. The van der Waals surface area contributed by atoms with Gasteiger partial charge in [0.25, 0.3) is 0 Å². The molecule has 0 amide bonds. The molecule has 2 heterocycles. The van der Waals surface area contributed by atoms with Crippen LogP contribution in [-0.2, 0) is 13.0 Å². The van der Waals surface area contributed by atoms with Crippen molar-refractivity contribution >= 4 is 5.97 Å². The predicted molar refractivity (Wildman–Crippen MR) is 65.6 cm³/mol. The largest absolute Gasteiger partial charge is 0.478 e. The van der Waals surface area contributed by atoms with E-state index in [1.54, 1.807) is 13.0 Å². The Bertz CT molecular complexity index is 550. The van der Waals surface area contributed by atoms with Crippen molar-refractivity contribution in [2.45, 2.75) is 19.9 Å². The van der Waals surface area contributed by atoms with Crippen molar-refractivity contribution in [3.05, 3.63) is 41.3 Å². The summed E-state index contributed by atoms with van der Waals surface area (Å²) in [6, 6.07) is 3.22. The standard InChI is InChI=1S/C12H14N4O3/c1-8-15-11(19-16-8)4-5-13-7-10-3-2-9(6-14-10)12(17)18/h2-3,6,13H,4-5,7H2,1H3,(H,17,18). The molecule has 0 aliphatic rings. The van der Waals surface area contributed by atoms with Crippen LogP contribution < -0.4 is 5.32 Å². The summed E-state index contributed by atoms with van der Waals surface area (Å²) in [6.07, 6.45) is 1.99. The number of carbonyl (C=O) groups is 1. The summed E-state index contributed by atoms with van der Waals surface area (Å²) in [7, 11) is 0. The van der Waals surface area contributed by atoms with E-state index in [2.05, 4.69) is 20.4 Å². The molecule has 100 valence electrons. The lowest BCUT2D eigenvalue weighted by molar-refractivity contribution is 0.0696. The number of aryl methyl sites for hydroxylation is 1. The zero-order chi connectivity index (χ0) is 13.7. The van der Waals surface area contributed by atoms with Gasteiger partial charge in [-0.15, -0.1) is 0 Å². The van der Waals surface area contributed by atoms with Crippen molar-refractivity contribution in [3.8, 4) is 0 Å². The number of carboxylic acids is 1. The SMILES string of the molecule is Cc1noc(CCNCc2ccc(C(=O)O)cn2)n1. The number of nitrogens with one attached hydrogen (secondary N) is 1. The fraction of sp³-hybridized carbons (Fsp3) is 0.333. The Morgan fingerprint density at radius 2 is 2.32 bits per heavy atom. The molecule has 0 saturated heterocycles. The number of hydrogen-bond donors (Lipinski definition) is 2. The van der Waals surface area contributed by atoms with Crippen molar-refractivity contribution in [1.29, 1.82) is 0 Å². The average molecular weight is 262 g/mol. The highest BCUT2D eigenvalue weighted by Gasteiger charge is 2.04. The molecular weight excluding hydrogens is 248 g/mol. The molecule has 2 aromatic heterocycles.